The van der Waals surface area contributed by atoms with E-state index < -0.39 is 0 Å². The average molecular weight is 359 g/mol. The van der Waals surface area contributed by atoms with E-state index in [4.69, 9.17) is 0 Å². The maximum absolute atomic E-state index is 2.38. The van der Waals surface area contributed by atoms with E-state index in [0.29, 0.717) is 10.8 Å². The minimum atomic E-state index is 0.402. The zero-order chi connectivity index (χ0) is 20.1. The van der Waals surface area contributed by atoms with Gasteiger partial charge in [0, 0.05) is 0 Å². The van der Waals surface area contributed by atoms with Gasteiger partial charge in [-0.3, -0.25) is 0 Å². The lowest BCUT2D eigenvalue weighted by Crippen LogP contribution is -2.16. The predicted octanol–water partition coefficient (Wildman–Crippen LogP) is 7.89. The van der Waals surface area contributed by atoms with E-state index in [-0.39, 0.29) is 0 Å². The van der Waals surface area contributed by atoms with Crippen LogP contribution in [0.5, 0.6) is 0 Å². The number of benzene rings is 1. The summed E-state index contributed by atoms with van der Waals surface area (Å²) in [5.41, 5.74) is 11.0. The van der Waals surface area contributed by atoms with Crippen LogP contribution in [-0.4, -0.2) is 0 Å². The first-order valence-electron chi connectivity index (χ1n) is 11.2. The standard InChI is InChI=1S/C26H46/c1-11-19-20(12-2)24(16-18-26(8,9)10)22(14-4)21(13-3)23(19)15-17-25(5,6)7/h11-18H2,1-10H3. The van der Waals surface area contributed by atoms with Crippen molar-refractivity contribution in [3.05, 3.63) is 33.4 Å². The zero-order valence-electron chi connectivity index (χ0n) is 19.7. The molecule has 0 aliphatic heterocycles. The van der Waals surface area contributed by atoms with Crippen molar-refractivity contribution in [2.24, 2.45) is 10.8 Å². The van der Waals surface area contributed by atoms with Crippen LogP contribution in [0.25, 0.3) is 0 Å². The molecule has 0 aromatic heterocycles. The summed E-state index contributed by atoms with van der Waals surface area (Å²) < 4.78 is 0. The van der Waals surface area contributed by atoms with Crippen LogP contribution in [0, 0.1) is 10.8 Å². The van der Waals surface area contributed by atoms with Crippen molar-refractivity contribution in [1.82, 2.24) is 0 Å². The molecule has 0 bridgehead atoms. The van der Waals surface area contributed by atoms with E-state index in [1.165, 1.54) is 51.4 Å². The molecule has 0 fully saturated rings. The van der Waals surface area contributed by atoms with E-state index in [9.17, 15) is 0 Å². The van der Waals surface area contributed by atoms with Gasteiger partial charge < -0.3 is 0 Å². The normalized spacial score (nSPS) is 12.7. The maximum atomic E-state index is 2.38. The van der Waals surface area contributed by atoms with Crippen LogP contribution in [0.3, 0.4) is 0 Å². The van der Waals surface area contributed by atoms with Crippen molar-refractivity contribution < 1.29 is 0 Å². The Morgan fingerprint density at radius 3 is 0.808 bits per heavy atom. The second-order valence-corrected chi connectivity index (χ2v) is 10.4. The van der Waals surface area contributed by atoms with Gasteiger partial charge in [-0.25, -0.2) is 0 Å². The van der Waals surface area contributed by atoms with Crippen LogP contribution in [0.4, 0.5) is 0 Å². The first kappa shape index (κ1) is 23.3. The third-order valence-electron chi connectivity index (χ3n) is 5.85. The van der Waals surface area contributed by atoms with E-state index in [1.54, 1.807) is 33.4 Å². The molecule has 0 spiro atoms. The summed E-state index contributed by atoms with van der Waals surface area (Å²) >= 11 is 0. The lowest BCUT2D eigenvalue weighted by Gasteiger charge is -2.29. The predicted molar refractivity (Wildman–Crippen MR) is 120 cm³/mol. The quantitative estimate of drug-likeness (QED) is 0.443. The molecule has 150 valence electrons. The first-order valence-corrected chi connectivity index (χ1v) is 11.2. The summed E-state index contributed by atoms with van der Waals surface area (Å²) in [5, 5.41) is 0. The Bertz CT molecular complexity index is 490. The number of hydrogen-bond donors (Lipinski definition) is 0. The molecule has 0 heterocycles. The van der Waals surface area contributed by atoms with Crippen molar-refractivity contribution in [3.8, 4) is 0 Å². The van der Waals surface area contributed by atoms with Crippen molar-refractivity contribution in [1.29, 1.82) is 0 Å². The molecule has 1 rings (SSSR count). The molecule has 0 heteroatoms. The van der Waals surface area contributed by atoms with Crippen molar-refractivity contribution >= 4 is 0 Å². The maximum Gasteiger partial charge on any atom is -0.0268 e. The Kier molecular flexibility index (Phi) is 8.43. The van der Waals surface area contributed by atoms with Gasteiger partial charge in [0.05, 0.1) is 0 Å². The second-order valence-electron chi connectivity index (χ2n) is 10.4. The molecule has 0 aliphatic rings. The molecular formula is C26H46. The highest BCUT2D eigenvalue weighted by Gasteiger charge is 2.23. The molecule has 26 heavy (non-hydrogen) atoms. The fourth-order valence-electron chi connectivity index (χ4n) is 4.40. The third-order valence-corrected chi connectivity index (χ3v) is 5.85. The lowest BCUT2D eigenvalue weighted by atomic mass is 9.77. The van der Waals surface area contributed by atoms with Gasteiger partial charge in [-0.2, -0.15) is 0 Å². The summed E-state index contributed by atoms with van der Waals surface area (Å²) in [4.78, 5) is 0. The highest BCUT2D eigenvalue weighted by Crippen LogP contribution is 2.35. The fraction of sp³-hybridized carbons (Fsp3) is 0.769. The first-order chi connectivity index (χ1) is 12.0. The van der Waals surface area contributed by atoms with Crippen LogP contribution in [0.1, 0.15) is 115 Å². The molecule has 1 aromatic rings. The highest BCUT2D eigenvalue weighted by atomic mass is 14.3. The van der Waals surface area contributed by atoms with Gasteiger partial charge in [-0.05, 0) is 95.6 Å². The minimum Gasteiger partial charge on any atom is -0.0613 e. The van der Waals surface area contributed by atoms with Gasteiger partial charge in [0.1, 0.15) is 0 Å². The Morgan fingerprint density at radius 2 is 0.654 bits per heavy atom. The van der Waals surface area contributed by atoms with Crippen molar-refractivity contribution in [3.63, 3.8) is 0 Å². The second kappa shape index (κ2) is 9.43. The zero-order valence-corrected chi connectivity index (χ0v) is 19.7. The average Bonchev–Trinajstić information content (AvgIpc) is 2.54. The van der Waals surface area contributed by atoms with Crippen molar-refractivity contribution in [2.45, 2.75) is 121 Å². The van der Waals surface area contributed by atoms with Gasteiger partial charge in [0.15, 0.2) is 0 Å². The molecule has 0 radical (unpaired) electrons. The van der Waals surface area contributed by atoms with E-state index >= 15 is 0 Å². The molecule has 0 saturated carbocycles. The molecule has 0 N–H and O–H groups in total. The number of hydrogen-bond acceptors (Lipinski definition) is 0. The topological polar surface area (TPSA) is 0 Å². The smallest absolute Gasteiger partial charge is 0.0268 e. The molecule has 0 atom stereocenters. The Balaban J connectivity index is 3.56. The Labute approximate surface area is 165 Å². The summed E-state index contributed by atoms with van der Waals surface area (Å²) in [6, 6.07) is 0. The Hall–Kier alpha value is -0.780. The van der Waals surface area contributed by atoms with Gasteiger partial charge in [-0.15, -0.1) is 0 Å². The minimum absolute atomic E-state index is 0.402. The van der Waals surface area contributed by atoms with Gasteiger partial charge in [-0.1, -0.05) is 69.2 Å². The molecule has 0 amide bonds. The largest absolute Gasteiger partial charge is 0.0613 e. The monoisotopic (exact) mass is 358 g/mol. The third kappa shape index (κ3) is 6.14. The van der Waals surface area contributed by atoms with E-state index in [1.807, 2.05) is 0 Å². The molecular weight excluding hydrogens is 312 g/mol. The van der Waals surface area contributed by atoms with E-state index in [2.05, 4.69) is 69.2 Å². The molecule has 0 saturated heterocycles. The Morgan fingerprint density at radius 1 is 0.423 bits per heavy atom. The van der Waals surface area contributed by atoms with Crippen LogP contribution >= 0.6 is 0 Å². The van der Waals surface area contributed by atoms with Crippen LogP contribution in [0.2, 0.25) is 0 Å². The SMILES string of the molecule is CCc1c(CC)c(CCC(C)(C)C)c(CC)c(CC)c1CCC(C)(C)C. The molecule has 1 aromatic carbocycles. The molecule has 0 nitrogen and oxygen atoms in total. The van der Waals surface area contributed by atoms with Gasteiger partial charge in [0.2, 0.25) is 0 Å². The summed E-state index contributed by atoms with van der Waals surface area (Å²) in [5.74, 6) is 0. The van der Waals surface area contributed by atoms with Crippen molar-refractivity contribution in [2.75, 3.05) is 0 Å². The molecule has 0 aliphatic carbocycles. The summed E-state index contributed by atoms with van der Waals surface area (Å²) in [6.45, 7) is 23.7. The summed E-state index contributed by atoms with van der Waals surface area (Å²) in [6.07, 6.45) is 9.78. The van der Waals surface area contributed by atoms with Gasteiger partial charge >= 0.3 is 0 Å². The number of rotatable bonds is 8. The lowest BCUT2D eigenvalue weighted by molar-refractivity contribution is 0.375. The fourth-order valence-corrected chi connectivity index (χ4v) is 4.40. The van der Waals surface area contributed by atoms with Crippen LogP contribution in [-0.2, 0) is 38.5 Å². The summed E-state index contributed by atoms with van der Waals surface area (Å²) in [7, 11) is 0. The van der Waals surface area contributed by atoms with Crippen LogP contribution in [0.15, 0.2) is 0 Å². The van der Waals surface area contributed by atoms with E-state index in [0.717, 1.165) is 0 Å². The van der Waals surface area contributed by atoms with Crippen LogP contribution < -0.4 is 0 Å². The highest BCUT2D eigenvalue weighted by molar-refractivity contribution is 5.53. The molecule has 0 unspecified atom stereocenters. The van der Waals surface area contributed by atoms with Gasteiger partial charge in [0.25, 0.3) is 0 Å².